The highest BCUT2D eigenvalue weighted by molar-refractivity contribution is 5.67. The quantitative estimate of drug-likeness (QED) is 0.848. The zero-order valence-corrected chi connectivity index (χ0v) is 12.7. The molecule has 1 aliphatic heterocycles. The SMILES string of the molecule is CCCCNc1ccnc(N2c3ccccc3CC2C)n1. The van der Waals surface area contributed by atoms with E-state index in [2.05, 4.69) is 58.3 Å². The molecule has 0 saturated heterocycles. The molecule has 1 aliphatic rings. The van der Waals surface area contributed by atoms with Gasteiger partial charge in [-0.15, -0.1) is 0 Å². The maximum absolute atomic E-state index is 4.68. The van der Waals surface area contributed by atoms with E-state index < -0.39 is 0 Å². The van der Waals surface area contributed by atoms with Crippen molar-refractivity contribution in [2.45, 2.75) is 39.2 Å². The van der Waals surface area contributed by atoms with Crippen LogP contribution in [-0.4, -0.2) is 22.6 Å². The van der Waals surface area contributed by atoms with Crippen molar-refractivity contribution in [3.05, 3.63) is 42.1 Å². The Bertz CT molecular complexity index is 611. The Kier molecular flexibility index (Phi) is 4.04. The van der Waals surface area contributed by atoms with E-state index in [0.717, 1.165) is 31.2 Å². The lowest BCUT2D eigenvalue weighted by molar-refractivity contribution is 0.739. The van der Waals surface area contributed by atoms with E-state index in [9.17, 15) is 0 Å². The van der Waals surface area contributed by atoms with Gasteiger partial charge in [0.25, 0.3) is 0 Å². The Morgan fingerprint density at radius 1 is 1.29 bits per heavy atom. The first-order chi connectivity index (χ1) is 10.3. The maximum Gasteiger partial charge on any atom is 0.232 e. The van der Waals surface area contributed by atoms with E-state index in [4.69, 9.17) is 0 Å². The van der Waals surface area contributed by atoms with Gasteiger partial charge in [0.2, 0.25) is 5.95 Å². The Hall–Kier alpha value is -2.10. The van der Waals surface area contributed by atoms with Gasteiger partial charge in [0, 0.05) is 24.5 Å². The second-order valence-electron chi connectivity index (χ2n) is 5.57. The number of hydrogen-bond acceptors (Lipinski definition) is 4. The second-order valence-corrected chi connectivity index (χ2v) is 5.57. The van der Waals surface area contributed by atoms with Crippen molar-refractivity contribution in [1.82, 2.24) is 9.97 Å². The average Bonchev–Trinajstić information content (AvgIpc) is 2.83. The van der Waals surface area contributed by atoms with Gasteiger partial charge in [-0.3, -0.25) is 0 Å². The Morgan fingerprint density at radius 3 is 3.00 bits per heavy atom. The average molecular weight is 282 g/mol. The van der Waals surface area contributed by atoms with Crippen molar-refractivity contribution in [1.29, 1.82) is 0 Å². The Balaban J connectivity index is 1.85. The van der Waals surface area contributed by atoms with Crippen molar-refractivity contribution >= 4 is 17.5 Å². The molecule has 0 bridgehead atoms. The molecule has 0 amide bonds. The van der Waals surface area contributed by atoms with Gasteiger partial charge >= 0.3 is 0 Å². The van der Waals surface area contributed by atoms with Gasteiger partial charge in [-0.05, 0) is 37.5 Å². The number of nitrogens with zero attached hydrogens (tertiary/aromatic N) is 3. The molecule has 2 heterocycles. The summed E-state index contributed by atoms with van der Waals surface area (Å²) in [7, 11) is 0. The molecule has 0 aliphatic carbocycles. The minimum absolute atomic E-state index is 0.397. The molecule has 1 atom stereocenters. The highest BCUT2D eigenvalue weighted by Gasteiger charge is 2.28. The number of anilines is 3. The molecule has 1 aromatic heterocycles. The largest absolute Gasteiger partial charge is 0.370 e. The lowest BCUT2D eigenvalue weighted by Crippen LogP contribution is -2.26. The van der Waals surface area contributed by atoms with Crippen molar-refractivity contribution in [3.63, 3.8) is 0 Å². The third-order valence-electron chi connectivity index (χ3n) is 3.90. The molecule has 4 nitrogen and oxygen atoms in total. The van der Waals surface area contributed by atoms with Gasteiger partial charge in [-0.25, -0.2) is 4.98 Å². The first kappa shape index (κ1) is 13.9. The monoisotopic (exact) mass is 282 g/mol. The summed E-state index contributed by atoms with van der Waals surface area (Å²) in [6.07, 6.45) is 5.22. The third kappa shape index (κ3) is 2.84. The first-order valence-electron chi connectivity index (χ1n) is 7.73. The van der Waals surface area contributed by atoms with Gasteiger partial charge in [0.05, 0.1) is 0 Å². The minimum Gasteiger partial charge on any atom is -0.370 e. The first-order valence-corrected chi connectivity index (χ1v) is 7.73. The number of rotatable bonds is 5. The number of hydrogen-bond donors (Lipinski definition) is 1. The van der Waals surface area contributed by atoms with Crippen LogP contribution in [0.1, 0.15) is 32.3 Å². The second kappa shape index (κ2) is 6.12. The summed E-state index contributed by atoms with van der Waals surface area (Å²) in [5.74, 6) is 1.69. The summed E-state index contributed by atoms with van der Waals surface area (Å²) in [5, 5.41) is 3.37. The van der Waals surface area contributed by atoms with Gasteiger partial charge in [-0.1, -0.05) is 31.5 Å². The molecule has 110 valence electrons. The van der Waals surface area contributed by atoms with Crippen LogP contribution in [0.25, 0.3) is 0 Å². The van der Waals surface area contributed by atoms with Crippen molar-refractivity contribution in [2.75, 3.05) is 16.8 Å². The Morgan fingerprint density at radius 2 is 2.14 bits per heavy atom. The smallest absolute Gasteiger partial charge is 0.232 e. The number of para-hydroxylation sites is 1. The van der Waals surface area contributed by atoms with E-state index in [1.54, 1.807) is 0 Å². The van der Waals surface area contributed by atoms with Crippen LogP contribution in [0.15, 0.2) is 36.5 Å². The lowest BCUT2D eigenvalue weighted by atomic mass is 10.1. The van der Waals surface area contributed by atoms with E-state index in [-0.39, 0.29) is 0 Å². The van der Waals surface area contributed by atoms with Crippen LogP contribution in [0.3, 0.4) is 0 Å². The molecule has 1 unspecified atom stereocenters. The molecule has 3 rings (SSSR count). The summed E-state index contributed by atoms with van der Waals surface area (Å²) in [6, 6.07) is 10.8. The predicted octanol–water partition coefficient (Wildman–Crippen LogP) is 3.77. The maximum atomic E-state index is 4.68. The summed E-state index contributed by atoms with van der Waals surface area (Å²) >= 11 is 0. The number of nitrogens with one attached hydrogen (secondary N) is 1. The molecule has 0 radical (unpaired) electrons. The van der Waals surface area contributed by atoms with E-state index in [1.165, 1.54) is 17.7 Å². The Labute approximate surface area is 126 Å². The van der Waals surface area contributed by atoms with Crippen LogP contribution in [0.2, 0.25) is 0 Å². The predicted molar refractivity (Wildman–Crippen MR) is 87.2 cm³/mol. The fraction of sp³-hybridized carbons (Fsp3) is 0.412. The fourth-order valence-corrected chi connectivity index (χ4v) is 2.83. The normalized spacial score (nSPS) is 16.9. The van der Waals surface area contributed by atoms with Crippen LogP contribution in [-0.2, 0) is 6.42 Å². The minimum atomic E-state index is 0.397. The summed E-state index contributed by atoms with van der Waals surface area (Å²) in [5.41, 5.74) is 2.61. The van der Waals surface area contributed by atoms with Gasteiger partial charge < -0.3 is 10.2 Å². The summed E-state index contributed by atoms with van der Waals surface area (Å²) in [4.78, 5) is 11.4. The zero-order valence-electron chi connectivity index (χ0n) is 12.7. The van der Waals surface area contributed by atoms with E-state index in [1.807, 2.05) is 12.3 Å². The molecule has 0 saturated carbocycles. The fourth-order valence-electron chi connectivity index (χ4n) is 2.83. The lowest BCUT2D eigenvalue weighted by Gasteiger charge is -2.22. The van der Waals surface area contributed by atoms with E-state index >= 15 is 0 Å². The highest BCUT2D eigenvalue weighted by Crippen LogP contribution is 2.36. The number of fused-ring (bicyclic) bond motifs is 1. The van der Waals surface area contributed by atoms with Crippen molar-refractivity contribution in [3.8, 4) is 0 Å². The molecule has 2 aromatic rings. The number of benzene rings is 1. The van der Waals surface area contributed by atoms with Crippen molar-refractivity contribution < 1.29 is 0 Å². The molecule has 1 N–H and O–H groups in total. The van der Waals surface area contributed by atoms with Gasteiger partial charge in [0.1, 0.15) is 5.82 Å². The molecule has 0 spiro atoms. The van der Waals surface area contributed by atoms with Crippen LogP contribution in [0.5, 0.6) is 0 Å². The summed E-state index contributed by atoms with van der Waals surface area (Å²) in [6.45, 7) is 5.37. The van der Waals surface area contributed by atoms with Gasteiger partial charge in [-0.2, -0.15) is 4.98 Å². The van der Waals surface area contributed by atoms with E-state index in [0.29, 0.717) is 6.04 Å². The van der Waals surface area contributed by atoms with Crippen LogP contribution in [0.4, 0.5) is 17.5 Å². The van der Waals surface area contributed by atoms with Crippen molar-refractivity contribution in [2.24, 2.45) is 0 Å². The molecule has 4 heteroatoms. The van der Waals surface area contributed by atoms with Gasteiger partial charge in [0.15, 0.2) is 0 Å². The molecule has 0 fully saturated rings. The molecular weight excluding hydrogens is 260 g/mol. The highest BCUT2D eigenvalue weighted by atomic mass is 15.3. The van der Waals surface area contributed by atoms with Crippen LogP contribution >= 0.6 is 0 Å². The molecule has 1 aromatic carbocycles. The molecule has 21 heavy (non-hydrogen) atoms. The summed E-state index contributed by atoms with van der Waals surface area (Å²) < 4.78 is 0. The molecular formula is C17H22N4. The zero-order chi connectivity index (χ0) is 14.7. The van der Waals surface area contributed by atoms with Crippen LogP contribution < -0.4 is 10.2 Å². The third-order valence-corrected chi connectivity index (χ3v) is 3.90. The number of aromatic nitrogens is 2. The topological polar surface area (TPSA) is 41.1 Å². The number of unbranched alkanes of at least 4 members (excludes halogenated alkanes) is 1. The van der Waals surface area contributed by atoms with Crippen LogP contribution in [0, 0.1) is 0 Å². The standard InChI is InChI=1S/C17H22N4/c1-3-4-10-18-16-9-11-19-17(20-16)21-13(2)12-14-7-5-6-8-15(14)21/h5-9,11,13H,3-4,10,12H2,1-2H3,(H,18,19,20).